The molecule has 1 aliphatic rings. The zero-order chi connectivity index (χ0) is 13.3. The topological polar surface area (TPSA) is 30.5 Å². The highest BCUT2D eigenvalue weighted by Crippen LogP contribution is 2.48. The Kier molecular flexibility index (Phi) is 3.76. The van der Waals surface area contributed by atoms with Crippen LogP contribution in [0.4, 0.5) is 4.39 Å². The van der Waals surface area contributed by atoms with Gasteiger partial charge in [0.1, 0.15) is 5.82 Å². The molecule has 0 aromatic heterocycles. The van der Waals surface area contributed by atoms with Crippen LogP contribution in [-0.4, -0.2) is 21.3 Å². The number of hydrogen-bond acceptors (Lipinski definition) is 3. The summed E-state index contributed by atoms with van der Waals surface area (Å²) in [4.78, 5) is 0. The Labute approximate surface area is 107 Å². The monoisotopic (exact) mass is 253 g/mol. The number of methoxy groups -OCH3 is 2. The quantitative estimate of drug-likeness (QED) is 0.875. The summed E-state index contributed by atoms with van der Waals surface area (Å²) in [5.41, 5.74) is 0.657. The second-order valence-electron chi connectivity index (χ2n) is 4.87. The van der Waals surface area contributed by atoms with E-state index < -0.39 is 0 Å². The van der Waals surface area contributed by atoms with Gasteiger partial charge in [-0.3, -0.25) is 0 Å². The van der Waals surface area contributed by atoms with Crippen LogP contribution in [0.15, 0.2) is 12.1 Å². The summed E-state index contributed by atoms with van der Waals surface area (Å²) >= 11 is 0. The van der Waals surface area contributed by atoms with Crippen molar-refractivity contribution in [2.45, 2.75) is 19.4 Å². The Morgan fingerprint density at radius 2 is 1.83 bits per heavy atom. The van der Waals surface area contributed by atoms with Crippen LogP contribution >= 0.6 is 0 Å². The van der Waals surface area contributed by atoms with E-state index in [2.05, 4.69) is 12.2 Å². The molecule has 0 bridgehead atoms. The highest BCUT2D eigenvalue weighted by Gasteiger charge is 2.40. The summed E-state index contributed by atoms with van der Waals surface area (Å²) < 4.78 is 24.5. The van der Waals surface area contributed by atoms with Gasteiger partial charge in [0, 0.05) is 17.7 Å². The van der Waals surface area contributed by atoms with Gasteiger partial charge in [0.25, 0.3) is 0 Å². The summed E-state index contributed by atoms with van der Waals surface area (Å²) in [5, 5.41) is 3.20. The highest BCUT2D eigenvalue weighted by molar-refractivity contribution is 5.45. The van der Waals surface area contributed by atoms with Gasteiger partial charge in [0.2, 0.25) is 0 Å². The number of nitrogens with one attached hydrogen (secondary N) is 1. The molecule has 1 fully saturated rings. The molecular weight excluding hydrogens is 233 g/mol. The van der Waals surface area contributed by atoms with E-state index in [4.69, 9.17) is 9.47 Å². The molecule has 0 heterocycles. The summed E-state index contributed by atoms with van der Waals surface area (Å²) in [5.74, 6) is 1.91. The first-order chi connectivity index (χ1) is 8.62. The fraction of sp³-hybridized carbons (Fsp3) is 0.571. The van der Waals surface area contributed by atoms with Gasteiger partial charge in [-0.15, -0.1) is 0 Å². The number of halogens is 1. The molecule has 4 heteroatoms. The molecule has 3 atom stereocenters. The van der Waals surface area contributed by atoms with Crippen molar-refractivity contribution >= 4 is 0 Å². The molecule has 3 nitrogen and oxygen atoms in total. The van der Waals surface area contributed by atoms with Crippen LogP contribution in [-0.2, 0) is 0 Å². The van der Waals surface area contributed by atoms with Crippen LogP contribution in [0.25, 0.3) is 0 Å². The zero-order valence-electron chi connectivity index (χ0n) is 11.3. The molecule has 0 spiro atoms. The number of ether oxygens (including phenoxy) is 2. The Morgan fingerprint density at radius 3 is 2.28 bits per heavy atom. The number of hydrogen-bond donors (Lipinski definition) is 1. The van der Waals surface area contributed by atoms with Gasteiger partial charge in [-0.1, -0.05) is 6.92 Å². The van der Waals surface area contributed by atoms with Gasteiger partial charge >= 0.3 is 0 Å². The Bertz CT molecular complexity index is 436. The van der Waals surface area contributed by atoms with Crippen LogP contribution in [0.5, 0.6) is 11.5 Å². The van der Waals surface area contributed by atoms with Crippen LogP contribution < -0.4 is 14.8 Å². The minimum absolute atomic E-state index is 0.0415. The maximum Gasteiger partial charge on any atom is 0.163 e. The molecule has 1 aliphatic carbocycles. The molecule has 1 aromatic rings. The van der Waals surface area contributed by atoms with E-state index in [1.165, 1.54) is 13.2 Å². The Hall–Kier alpha value is -1.29. The molecule has 0 amide bonds. The van der Waals surface area contributed by atoms with Crippen LogP contribution in [0.2, 0.25) is 0 Å². The molecule has 18 heavy (non-hydrogen) atoms. The average Bonchev–Trinajstić information content (AvgIpc) is 3.08. The largest absolute Gasteiger partial charge is 0.493 e. The Morgan fingerprint density at radius 1 is 1.28 bits per heavy atom. The molecule has 3 unspecified atom stereocenters. The molecular formula is C14H20FNO2. The lowest BCUT2D eigenvalue weighted by atomic mass is 10.00. The molecule has 100 valence electrons. The van der Waals surface area contributed by atoms with Crippen LogP contribution in [0.1, 0.15) is 24.9 Å². The van der Waals surface area contributed by atoms with Gasteiger partial charge in [0.15, 0.2) is 11.5 Å². The SMILES string of the molecule is CNC(c1cc(OC)c(OC)cc1F)C1CC1C. The Balaban J connectivity index is 2.37. The highest BCUT2D eigenvalue weighted by atomic mass is 19.1. The lowest BCUT2D eigenvalue weighted by molar-refractivity contribution is 0.349. The second-order valence-corrected chi connectivity index (χ2v) is 4.87. The van der Waals surface area contributed by atoms with Crippen molar-refractivity contribution in [1.82, 2.24) is 5.32 Å². The lowest BCUT2D eigenvalue weighted by Gasteiger charge is -2.19. The minimum atomic E-state index is -0.244. The zero-order valence-corrected chi connectivity index (χ0v) is 11.3. The molecule has 0 saturated heterocycles. The van der Waals surface area contributed by atoms with E-state index in [9.17, 15) is 4.39 Å². The fourth-order valence-electron chi connectivity index (χ4n) is 2.52. The minimum Gasteiger partial charge on any atom is -0.493 e. The van der Waals surface area contributed by atoms with Crippen molar-refractivity contribution < 1.29 is 13.9 Å². The first-order valence-corrected chi connectivity index (χ1v) is 6.21. The molecule has 2 rings (SSSR count). The fourth-order valence-corrected chi connectivity index (χ4v) is 2.52. The standard InChI is InChI=1S/C14H20FNO2/c1-8-5-9(8)14(16-2)10-6-12(17-3)13(18-4)7-11(10)15/h6-9,14,16H,5H2,1-4H3. The normalized spacial score (nSPS) is 23.6. The molecule has 1 aromatic carbocycles. The molecule has 1 saturated carbocycles. The lowest BCUT2D eigenvalue weighted by Crippen LogP contribution is -2.20. The summed E-state index contributed by atoms with van der Waals surface area (Å²) in [7, 11) is 4.94. The molecule has 1 N–H and O–H groups in total. The van der Waals surface area contributed by atoms with E-state index >= 15 is 0 Å². The number of rotatable bonds is 5. The van der Waals surface area contributed by atoms with E-state index in [0.717, 1.165) is 6.42 Å². The van der Waals surface area contributed by atoms with Crippen LogP contribution in [0, 0.1) is 17.7 Å². The van der Waals surface area contributed by atoms with Crippen molar-refractivity contribution in [3.05, 3.63) is 23.5 Å². The third kappa shape index (κ3) is 2.29. The van der Waals surface area contributed by atoms with Crippen molar-refractivity contribution in [1.29, 1.82) is 0 Å². The second kappa shape index (κ2) is 5.14. The summed E-state index contributed by atoms with van der Waals surface area (Å²) in [6, 6.07) is 3.17. The van der Waals surface area contributed by atoms with E-state index in [-0.39, 0.29) is 11.9 Å². The van der Waals surface area contributed by atoms with E-state index in [0.29, 0.717) is 28.9 Å². The van der Waals surface area contributed by atoms with Gasteiger partial charge < -0.3 is 14.8 Å². The maximum absolute atomic E-state index is 14.1. The summed E-state index contributed by atoms with van der Waals surface area (Å²) in [6.45, 7) is 2.19. The van der Waals surface area contributed by atoms with Gasteiger partial charge in [-0.25, -0.2) is 4.39 Å². The maximum atomic E-state index is 14.1. The van der Waals surface area contributed by atoms with Gasteiger partial charge in [-0.05, 0) is 31.4 Å². The average molecular weight is 253 g/mol. The third-order valence-corrected chi connectivity index (χ3v) is 3.75. The smallest absolute Gasteiger partial charge is 0.163 e. The predicted molar refractivity (Wildman–Crippen MR) is 68.6 cm³/mol. The number of benzene rings is 1. The van der Waals surface area contributed by atoms with Crippen LogP contribution in [0.3, 0.4) is 0 Å². The van der Waals surface area contributed by atoms with E-state index in [1.807, 2.05) is 7.05 Å². The molecule has 0 aliphatic heterocycles. The first kappa shape index (κ1) is 13.1. The van der Waals surface area contributed by atoms with Crippen molar-refractivity contribution in [3.8, 4) is 11.5 Å². The van der Waals surface area contributed by atoms with Gasteiger partial charge in [-0.2, -0.15) is 0 Å². The van der Waals surface area contributed by atoms with Crippen molar-refractivity contribution in [3.63, 3.8) is 0 Å². The van der Waals surface area contributed by atoms with Crippen molar-refractivity contribution in [2.75, 3.05) is 21.3 Å². The van der Waals surface area contributed by atoms with Crippen molar-refractivity contribution in [2.24, 2.45) is 11.8 Å². The van der Waals surface area contributed by atoms with Gasteiger partial charge in [0.05, 0.1) is 14.2 Å². The summed E-state index contributed by atoms with van der Waals surface area (Å²) in [6.07, 6.45) is 1.14. The predicted octanol–water partition coefficient (Wildman–Crippen LogP) is 2.76. The van der Waals surface area contributed by atoms with E-state index in [1.54, 1.807) is 13.2 Å². The third-order valence-electron chi connectivity index (χ3n) is 3.75. The first-order valence-electron chi connectivity index (χ1n) is 6.21. The molecule has 0 radical (unpaired) electrons.